The van der Waals surface area contributed by atoms with Gasteiger partial charge in [-0.25, -0.2) is 13.1 Å². The summed E-state index contributed by atoms with van der Waals surface area (Å²) in [5.74, 6) is 0.758. The van der Waals surface area contributed by atoms with Gasteiger partial charge in [-0.2, -0.15) is 0 Å². The Morgan fingerprint density at radius 3 is 1.89 bits per heavy atom. The van der Waals surface area contributed by atoms with Crippen LogP contribution in [0.15, 0.2) is 119 Å². The summed E-state index contributed by atoms with van der Waals surface area (Å²) in [7, 11) is -3.63. The van der Waals surface area contributed by atoms with Gasteiger partial charge in [0.2, 0.25) is 15.9 Å². The van der Waals surface area contributed by atoms with Gasteiger partial charge in [0.25, 0.3) is 0 Å². The van der Waals surface area contributed by atoms with Gasteiger partial charge in [0.1, 0.15) is 11.5 Å². The van der Waals surface area contributed by atoms with Crippen LogP contribution in [-0.2, 0) is 34.5 Å². The average molecular weight is 487 g/mol. The number of amides is 1. The van der Waals surface area contributed by atoms with E-state index in [1.165, 1.54) is 18.2 Å². The molecular weight excluding hydrogens is 460 g/mol. The fourth-order valence-electron chi connectivity index (χ4n) is 3.51. The van der Waals surface area contributed by atoms with Crippen molar-refractivity contribution in [2.45, 2.75) is 24.5 Å². The zero-order valence-corrected chi connectivity index (χ0v) is 19.9. The highest BCUT2D eigenvalue weighted by atomic mass is 32.2. The summed E-state index contributed by atoms with van der Waals surface area (Å²) in [6, 6.07) is 31.2. The molecule has 0 fully saturated rings. The van der Waals surface area contributed by atoms with Crippen molar-refractivity contribution in [2.75, 3.05) is 0 Å². The molecule has 1 amide bonds. The largest absolute Gasteiger partial charge is 0.460 e. The van der Waals surface area contributed by atoms with Crippen molar-refractivity contribution in [3.63, 3.8) is 0 Å². The third-order valence-electron chi connectivity index (χ3n) is 5.31. The highest BCUT2D eigenvalue weighted by Gasteiger charge is 2.15. The molecule has 1 heterocycles. The molecule has 1 N–H and O–H groups in total. The molecule has 0 radical (unpaired) electrons. The Labute approximate surface area is 205 Å². The summed E-state index contributed by atoms with van der Waals surface area (Å²) in [4.78, 5) is 15.0. The van der Waals surface area contributed by atoms with Crippen LogP contribution in [-0.4, -0.2) is 19.2 Å². The number of hydrogen-bond acceptors (Lipinski definition) is 4. The maximum Gasteiger partial charge on any atom is 0.247 e. The number of sulfonamides is 1. The summed E-state index contributed by atoms with van der Waals surface area (Å²) in [6.45, 7) is 0.959. The van der Waals surface area contributed by atoms with E-state index in [-0.39, 0.29) is 17.3 Å². The molecule has 0 aliphatic heterocycles. The van der Waals surface area contributed by atoms with E-state index >= 15 is 0 Å². The zero-order chi connectivity index (χ0) is 24.5. The van der Waals surface area contributed by atoms with Gasteiger partial charge in [0.15, 0.2) is 0 Å². The van der Waals surface area contributed by atoms with Gasteiger partial charge in [-0.1, -0.05) is 78.9 Å². The summed E-state index contributed by atoms with van der Waals surface area (Å²) in [5, 5.41) is 0. The quantitative estimate of drug-likeness (QED) is 0.320. The first-order valence-corrected chi connectivity index (χ1v) is 12.7. The van der Waals surface area contributed by atoms with Gasteiger partial charge in [-0.05, 0) is 41.5 Å². The predicted molar refractivity (Wildman–Crippen MR) is 135 cm³/mol. The number of hydrogen-bond donors (Lipinski definition) is 1. The number of furan rings is 1. The van der Waals surface area contributed by atoms with Crippen LogP contribution >= 0.6 is 0 Å². The van der Waals surface area contributed by atoms with Gasteiger partial charge in [0, 0.05) is 19.2 Å². The minimum Gasteiger partial charge on any atom is -0.460 e. The van der Waals surface area contributed by atoms with Crippen LogP contribution in [0.1, 0.15) is 22.6 Å². The number of carbonyl (C=O) groups is 1. The minimum absolute atomic E-state index is 0.00710. The van der Waals surface area contributed by atoms with Crippen molar-refractivity contribution in [3.05, 3.63) is 132 Å². The van der Waals surface area contributed by atoms with Crippen molar-refractivity contribution < 1.29 is 17.6 Å². The molecule has 0 bridgehead atoms. The van der Waals surface area contributed by atoms with Crippen LogP contribution in [0.5, 0.6) is 0 Å². The fourth-order valence-corrected chi connectivity index (χ4v) is 4.52. The molecule has 0 spiro atoms. The molecule has 35 heavy (non-hydrogen) atoms. The molecule has 0 aliphatic rings. The fraction of sp³-hybridized carbons (Fsp3) is 0.107. The van der Waals surface area contributed by atoms with E-state index in [4.69, 9.17) is 4.42 Å². The predicted octanol–water partition coefficient (Wildman–Crippen LogP) is 5.00. The van der Waals surface area contributed by atoms with Gasteiger partial charge >= 0.3 is 0 Å². The van der Waals surface area contributed by atoms with Crippen LogP contribution in [0, 0.1) is 0 Å². The smallest absolute Gasteiger partial charge is 0.247 e. The molecule has 0 unspecified atom stereocenters. The van der Waals surface area contributed by atoms with Crippen molar-refractivity contribution in [3.8, 4) is 0 Å². The zero-order valence-electron chi connectivity index (χ0n) is 19.1. The average Bonchev–Trinajstić information content (AvgIpc) is 3.35. The lowest BCUT2D eigenvalue weighted by Crippen LogP contribution is -2.28. The molecular formula is C28H26N2O4S. The third-order valence-corrected chi connectivity index (χ3v) is 6.72. The van der Waals surface area contributed by atoms with Crippen molar-refractivity contribution in [1.29, 1.82) is 0 Å². The Morgan fingerprint density at radius 2 is 1.31 bits per heavy atom. The van der Waals surface area contributed by atoms with Crippen molar-refractivity contribution >= 4 is 22.0 Å². The van der Waals surface area contributed by atoms with E-state index in [2.05, 4.69) is 4.72 Å². The molecule has 4 rings (SSSR count). The van der Waals surface area contributed by atoms with E-state index in [9.17, 15) is 13.2 Å². The summed E-state index contributed by atoms with van der Waals surface area (Å²) < 4.78 is 33.0. The van der Waals surface area contributed by atoms with Gasteiger partial charge < -0.3 is 9.32 Å². The van der Waals surface area contributed by atoms with Crippen LogP contribution in [0.2, 0.25) is 0 Å². The van der Waals surface area contributed by atoms with E-state index in [1.807, 2.05) is 60.7 Å². The molecule has 1 aromatic heterocycles. The Hall–Kier alpha value is -3.94. The van der Waals surface area contributed by atoms with E-state index in [1.54, 1.807) is 41.3 Å². The number of nitrogens with one attached hydrogen (secondary N) is 1. The Balaban J connectivity index is 1.41. The van der Waals surface area contributed by atoms with E-state index in [0.29, 0.717) is 24.6 Å². The van der Waals surface area contributed by atoms with Gasteiger partial charge in [0.05, 0.1) is 11.4 Å². The minimum atomic E-state index is -3.63. The van der Waals surface area contributed by atoms with E-state index in [0.717, 1.165) is 11.1 Å². The molecule has 3 aromatic carbocycles. The normalized spacial score (nSPS) is 11.5. The highest BCUT2D eigenvalue weighted by Crippen LogP contribution is 2.14. The maximum atomic E-state index is 13.1. The molecule has 0 saturated carbocycles. The molecule has 4 aromatic rings. The molecule has 0 aliphatic carbocycles. The Morgan fingerprint density at radius 1 is 0.771 bits per heavy atom. The van der Waals surface area contributed by atoms with Crippen LogP contribution < -0.4 is 4.72 Å². The van der Waals surface area contributed by atoms with Gasteiger partial charge in [-0.3, -0.25) is 4.79 Å². The lowest BCUT2D eigenvalue weighted by atomic mass is 10.1. The highest BCUT2D eigenvalue weighted by molar-refractivity contribution is 7.89. The maximum absolute atomic E-state index is 13.1. The Kier molecular flexibility index (Phi) is 7.92. The van der Waals surface area contributed by atoms with Crippen LogP contribution in [0.3, 0.4) is 0 Å². The summed E-state index contributed by atoms with van der Waals surface area (Å²) >= 11 is 0. The first kappa shape index (κ1) is 24.2. The van der Waals surface area contributed by atoms with Gasteiger partial charge in [-0.15, -0.1) is 0 Å². The first-order valence-electron chi connectivity index (χ1n) is 11.2. The SMILES string of the molecule is O=C(/C=C/c1ccc(CNS(=O)(=O)c2ccccc2)o1)N(Cc1ccccc1)Cc1ccccc1. The molecule has 6 nitrogen and oxygen atoms in total. The second kappa shape index (κ2) is 11.5. The number of rotatable bonds is 10. The third kappa shape index (κ3) is 7.02. The number of carbonyl (C=O) groups excluding carboxylic acids is 1. The lowest BCUT2D eigenvalue weighted by molar-refractivity contribution is -0.127. The monoisotopic (exact) mass is 486 g/mol. The van der Waals surface area contributed by atoms with Crippen molar-refractivity contribution in [2.24, 2.45) is 0 Å². The van der Waals surface area contributed by atoms with Crippen LogP contribution in [0.25, 0.3) is 6.08 Å². The second-order valence-corrected chi connectivity index (χ2v) is 9.71. The summed E-state index contributed by atoms with van der Waals surface area (Å²) in [6.07, 6.45) is 3.07. The molecule has 0 saturated heterocycles. The lowest BCUT2D eigenvalue weighted by Gasteiger charge is -2.21. The topological polar surface area (TPSA) is 79.6 Å². The number of nitrogens with zero attached hydrogens (tertiary/aromatic N) is 1. The summed E-state index contributed by atoms with van der Waals surface area (Å²) in [5.41, 5.74) is 2.08. The van der Waals surface area contributed by atoms with E-state index < -0.39 is 10.0 Å². The second-order valence-electron chi connectivity index (χ2n) is 7.94. The molecule has 7 heteroatoms. The molecule has 178 valence electrons. The number of benzene rings is 3. The van der Waals surface area contributed by atoms with Crippen LogP contribution in [0.4, 0.5) is 0 Å². The standard InChI is InChI=1S/C28H26N2O4S/c31-28(30(21-23-10-4-1-5-11-23)22-24-12-6-2-7-13-24)19-18-25-16-17-26(34-25)20-29-35(32,33)27-14-8-3-9-15-27/h1-19,29H,20-22H2/b19-18+. The first-order chi connectivity index (χ1) is 17.0. The Bertz CT molecular complexity index is 1320. The van der Waals surface area contributed by atoms with Crippen molar-refractivity contribution in [1.82, 2.24) is 9.62 Å². The molecule has 0 atom stereocenters.